The lowest BCUT2D eigenvalue weighted by Crippen LogP contribution is -2.14. The maximum Gasteiger partial charge on any atom is 0.228 e. The molecule has 0 aliphatic heterocycles. The first-order chi connectivity index (χ1) is 19.7. The number of nitrogens with one attached hydrogen (secondary N) is 3. The van der Waals surface area contributed by atoms with Gasteiger partial charge in [0.1, 0.15) is 5.69 Å². The third-order valence-electron chi connectivity index (χ3n) is 6.87. The number of aromatic nitrogens is 6. The van der Waals surface area contributed by atoms with Gasteiger partial charge >= 0.3 is 0 Å². The molecule has 0 aliphatic carbocycles. The van der Waals surface area contributed by atoms with E-state index in [1.807, 2.05) is 60.8 Å². The predicted molar refractivity (Wildman–Crippen MR) is 156 cm³/mol. The molecule has 0 radical (unpaired) electrons. The Labute approximate surface area is 229 Å². The summed E-state index contributed by atoms with van der Waals surface area (Å²) in [7, 11) is 0. The van der Waals surface area contributed by atoms with E-state index in [0.29, 0.717) is 17.8 Å². The van der Waals surface area contributed by atoms with Crippen LogP contribution in [0.3, 0.4) is 0 Å². The van der Waals surface area contributed by atoms with Gasteiger partial charge in [0.05, 0.1) is 24.0 Å². The number of aromatic amines is 2. The van der Waals surface area contributed by atoms with Crippen LogP contribution in [-0.2, 0) is 11.2 Å². The molecule has 8 heteroatoms. The number of benzene rings is 2. The van der Waals surface area contributed by atoms with E-state index in [9.17, 15) is 4.79 Å². The van der Waals surface area contributed by atoms with Crippen LogP contribution in [0.15, 0.2) is 110 Å². The Balaban J connectivity index is 1.21. The molecule has 8 nitrogen and oxygen atoms in total. The van der Waals surface area contributed by atoms with Crippen LogP contribution in [0.5, 0.6) is 0 Å². The van der Waals surface area contributed by atoms with E-state index in [2.05, 4.69) is 59.7 Å². The molecular weight excluding hydrogens is 498 g/mol. The Morgan fingerprint density at radius 3 is 2.52 bits per heavy atom. The second-order valence-corrected chi connectivity index (χ2v) is 9.56. The van der Waals surface area contributed by atoms with E-state index >= 15 is 0 Å². The standard InChI is InChI=1S/C32H23N7O/c40-30(12-20-6-2-1-3-7-20)36-24-13-22(17-34-19-24)23-14-27-31(38-39-32(27)35-18-23)29-15-26-25(9-4-10-28(26)37-29)21-8-5-11-33-16-21/h1-11,13-19,37H,12H2,(H,36,40)(H,35,38,39). The summed E-state index contributed by atoms with van der Waals surface area (Å²) in [5, 5.41) is 12.6. The molecule has 0 atom stereocenters. The lowest BCUT2D eigenvalue weighted by atomic mass is 10.0. The molecule has 0 unspecified atom stereocenters. The number of anilines is 1. The van der Waals surface area contributed by atoms with Crippen molar-refractivity contribution in [2.75, 3.05) is 5.32 Å². The van der Waals surface area contributed by atoms with Crippen LogP contribution in [0.25, 0.3) is 55.6 Å². The normalized spacial score (nSPS) is 11.2. The van der Waals surface area contributed by atoms with Gasteiger partial charge in [0.15, 0.2) is 5.65 Å². The fourth-order valence-electron chi connectivity index (χ4n) is 4.98. The molecule has 0 bridgehead atoms. The van der Waals surface area contributed by atoms with E-state index in [0.717, 1.165) is 55.5 Å². The van der Waals surface area contributed by atoms with Crippen molar-refractivity contribution in [2.24, 2.45) is 0 Å². The van der Waals surface area contributed by atoms with Gasteiger partial charge in [0.2, 0.25) is 5.91 Å². The smallest absolute Gasteiger partial charge is 0.228 e. The maximum absolute atomic E-state index is 12.6. The second-order valence-electron chi connectivity index (χ2n) is 9.56. The van der Waals surface area contributed by atoms with Gasteiger partial charge in [-0.3, -0.25) is 19.9 Å². The molecule has 7 rings (SSSR count). The van der Waals surface area contributed by atoms with Crippen molar-refractivity contribution < 1.29 is 4.79 Å². The highest BCUT2D eigenvalue weighted by Gasteiger charge is 2.15. The number of amides is 1. The number of H-pyrrole nitrogens is 2. The third kappa shape index (κ3) is 4.48. The first kappa shape index (κ1) is 23.5. The molecule has 192 valence electrons. The van der Waals surface area contributed by atoms with Gasteiger partial charge in [-0.05, 0) is 41.5 Å². The summed E-state index contributed by atoms with van der Waals surface area (Å²) in [6.45, 7) is 0. The van der Waals surface area contributed by atoms with Crippen LogP contribution in [0, 0.1) is 0 Å². The van der Waals surface area contributed by atoms with E-state index < -0.39 is 0 Å². The van der Waals surface area contributed by atoms with E-state index in [4.69, 9.17) is 0 Å². The van der Waals surface area contributed by atoms with Crippen LogP contribution >= 0.6 is 0 Å². The van der Waals surface area contributed by atoms with Crippen LogP contribution < -0.4 is 5.32 Å². The van der Waals surface area contributed by atoms with Crippen LogP contribution in [0.4, 0.5) is 5.69 Å². The quantitative estimate of drug-likeness (QED) is 0.234. The van der Waals surface area contributed by atoms with E-state index in [1.54, 1.807) is 24.8 Å². The molecule has 2 aromatic carbocycles. The average Bonchev–Trinajstić information content (AvgIpc) is 3.62. The lowest BCUT2D eigenvalue weighted by molar-refractivity contribution is -0.115. The molecule has 5 aromatic heterocycles. The molecule has 1 amide bonds. The predicted octanol–water partition coefficient (Wildman–Crippen LogP) is 6.41. The molecular formula is C32H23N7O. The summed E-state index contributed by atoms with van der Waals surface area (Å²) < 4.78 is 0. The summed E-state index contributed by atoms with van der Waals surface area (Å²) in [6.07, 6.45) is 9.13. The van der Waals surface area contributed by atoms with Crippen LogP contribution in [-0.4, -0.2) is 36.0 Å². The topological polar surface area (TPSA) is 112 Å². The summed E-state index contributed by atoms with van der Waals surface area (Å²) in [5.74, 6) is -0.0969. The minimum Gasteiger partial charge on any atom is -0.353 e. The third-order valence-corrected chi connectivity index (χ3v) is 6.87. The zero-order valence-electron chi connectivity index (χ0n) is 21.3. The molecule has 40 heavy (non-hydrogen) atoms. The highest BCUT2D eigenvalue weighted by atomic mass is 16.1. The fourth-order valence-corrected chi connectivity index (χ4v) is 4.98. The summed E-state index contributed by atoms with van der Waals surface area (Å²) in [5.41, 5.74) is 8.81. The number of fused-ring (bicyclic) bond motifs is 2. The zero-order chi connectivity index (χ0) is 26.9. The molecule has 0 saturated heterocycles. The van der Waals surface area contributed by atoms with Gasteiger partial charge < -0.3 is 10.3 Å². The Hall–Kier alpha value is -5.63. The van der Waals surface area contributed by atoms with Crippen LogP contribution in [0.2, 0.25) is 0 Å². The van der Waals surface area contributed by atoms with E-state index in [1.165, 1.54) is 0 Å². The number of nitrogens with zero attached hydrogens (tertiary/aromatic N) is 4. The monoisotopic (exact) mass is 521 g/mol. The molecule has 0 spiro atoms. The van der Waals surface area contributed by atoms with Gasteiger partial charge in [0.25, 0.3) is 0 Å². The fraction of sp³-hybridized carbons (Fsp3) is 0.0312. The van der Waals surface area contributed by atoms with Crippen molar-refractivity contribution in [3.63, 3.8) is 0 Å². The van der Waals surface area contributed by atoms with Crippen molar-refractivity contribution in [3.8, 4) is 33.6 Å². The number of hydrogen-bond donors (Lipinski definition) is 3. The molecule has 0 saturated carbocycles. The van der Waals surface area contributed by atoms with Crippen molar-refractivity contribution in [3.05, 3.63) is 115 Å². The number of carbonyl (C=O) groups excluding carboxylic acids is 1. The first-order valence-electron chi connectivity index (χ1n) is 12.9. The zero-order valence-corrected chi connectivity index (χ0v) is 21.3. The molecule has 5 heterocycles. The SMILES string of the molecule is O=C(Cc1ccccc1)Nc1cncc(-c2cnc3[nH]nc(-c4cc5c(-c6cccnc6)cccc5[nH]4)c3c2)c1. The van der Waals surface area contributed by atoms with Gasteiger partial charge in [-0.2, -0.15) is 5.10 Å². The van der Waals surface area contributed by atoms with Gasteiger partial charge in [-0.15, -0.1) is 0 Å². The largest absolute Gasteiger partial charge is 0.353 e. The Morgan fingerprint density at radius 1 is 0.775 bits per heavy atom. The lowest BCUT2D eigenvalue weighted by Gasteiger charge is -2.07. The number of pyridine rings is 3. The highest BCUT2D eigenvalue weighted by molar-refractivity contribution is 6.01. The summed E-state index contributed by atoms with van der Waals surface area (Å²) in [4.78, 5) is 29.4. The van der Waals surface area contributed by atoms with E-state index in [-0.39, 0.29) is 5.91 Å². The number of hydrogen-bond acceptors (Lipinski definition) is 5. The Morgan fingerprint density at radius 2 is 1.65 bits per heavy atom. The minimum atomic E-state index is -0.0969. The molecule has 3 N–H and O–H groups in total. The molecule has 0 aliphatic rings. The van der Waals surface area contributed by atoms with Gasteiger partial charge in [0, 0.05) is 57.8 Å². The van der Waals surface area contributed by atoms with Crippen molar-refractivity contribution >= 4 is 33.5 Å². The molecule has 0 fully saturated rings. The van der Waals surface area contributed by atoms with Crippen LogP contribution in [0.1, 0.15) is 5.56 Å². The maximum atomic E-state index is 12.6. The summed E-state index contributed by atoms with van der Waals surface area (Å²) in [6, 6.07) is 25.9. The molecule has 7 aromatic rings. The second kappa shape index (κ2) is 9.92. The number of rotatable bonds is 6. The number of carbonyl (C=O) groups is 1. The van der Waals surface area contributed by atoms with Gasteiger partial charge in [-0.25, -0.2) is 4.98 Å². The van der Waals surface area contributed by atoms with Crippen molar-refractivity contribution in [1.82, 2.24) is 30.1 Å². The highest BCUT2D eigenvalue weighted by Crippen LogP contribution is 2.34. The summed E-state index contributed by atoms with van der Waals surface area (Å²) >= 11 is 0. The van der Waals surface area contributed by atoms with Crippen molar-refractivity contribution in [1.29, 1.82) is 0 Å². The Kier molecular flexibility index (Phi) is 5.82. The first-order valence-corrected chi connectivity index (χ1v) is 12.9. The minimum absolute atomic E-state index is 0.0969. The average molecular weight is 522 g/mol. The Bertz CT molecular complexity index is 1980. The van der Waals surface area contributed by atoms with Crippen molar-refractivity contribution in [2.45, 2.75) is 6.42 Å². The van der Waals surface area contributed by atoms with Gasteiger partial charge in [-0.1, -0.05) is 48.5 Å².